The molecule has 0 unspecified atom stereocenters. The molecule has 1 aliphatic heterocycles. The number of rotatable bonds is 4. The maximum atomic E-state index is 12.8. The lowest BCUT2D eigenvalue weighted by molar-refractivity contribution is -0.0587. The van der Waals surface area contributed by atoms with Gasteiger partial charge in [0.2, 0.25) is 0 Å². The van der Waals surface area contributed by atoms with Gasteiger partial charge in [-0.15, -0.1) is 0 Å². The van der Waals surface area contributed by atoms with E-state index in [2.05, 4.69) is 5.10 Å². The van der Waals surface area contributed by atoms with E-state index in [1.165, 1.54) is 16.8 Å². The summed E-state index contributed by atoms with van der Waals surface area (Å²) in [5.74, 6) is 0.108. The molecule has 0 spiro atoms. The van der Waals surface area contributed by atoms with Crippen molar-refractivity contribution in [2.24, 2.45) is 0 Å². The van der Waals surface area contributed by atoms with Gasteiger partial charge in [0.05, 0.1) is 12.2 Å². The van der Waals surface area contributed by atoms with Gasteiger partial charge in [0.25, 0.3) is 5.91 Å². The molecule has 1 amide bonds. The number of morpholine rings is 1. The summed E-state index contributed by atoms with van der Waals surface area (Å²) in [6.07, 6.45) is 1.72. The molecule has 0 saturated carbocycles. The average molecular weight is 333 g/mol. The Hall–Kier alpha value is -2.41. The van der Waals surface area contributed by atoms with Crippen LogP contribution in [-0.2, 0) is 11.5 Å². The molecule has 1 saturated heterocycles. The first-order valence-corrected chi connectivity index (χ1v) is 7.88. The predicted molar refractivity (Wildman–Crippen MR) is 85.2 cm³/mol. The zero-order valence-electron chi connectivity index (χ0n) is 13.7. The second-order valence-corrected chi connectivity index (χ2v) is 5.94. The lowest BCUT2D eigenvalue weighted by Gasteiger charge is -2.34. The van der Waals surface area contributed by atoms with Crippen molar-refractivity contribution in [2.75, 3.05) is 13.1 Å². The van der Waals surface area contributed by atoms with E-state index in [1.807, 2.05) is 13.8 Å². The van der Waals surface area contributed by atoms with Crippen LogP contribution in [-0.4, -0.2) is 45.9 Å². The van der Waals surface area contributed by atoms with E-state index < -0.39 is 0 Å². The molecule has 1 aromatic heterocycles. The number of benzene rings is 1. The molecule has 3 rings (SSSR count). The van der Waals surface area contributed by atoms with E-state index in [-0.39, 0.29) is 30.7 Å². The number of hydrogen-bond donors (Lipinski definition) is 0. The third-order valence-corrected chi connectivity index (χ3v) is 3.74. The van der Waals surface area contributed by atoms with E-state index in [0.717, 1.165) is 0 Å². The summed E-state index contributed by atoms with van der Waals surface area (Å²) in [5.41, 5.74) is 0.374. The van der Waals surface area contributed by atoms with Gasteiger partial charge in [-0.3, -0.25) is 4.79 Å². The van der Waals surface area contributed by atoms with Gasteiger partial charge in [-0.1, -0.05) is 0 Å². The van der Waals surface area contributed by atoms with Crippen LogP contribution >= 0.6 is 0 Å². The Balaban J connectivity index is 1.60. The molecule has 2 heterocycles. The topological polar surface area (TPSA) is 56.6 Å². The molecule has 1 fully saturated rings. The summed E-state index contributed by atoms with van der Waals surface area (Å²) in [6.45, 7) is 5.16. The Kier molecular flexibility index (Phi) is 4.80. The van der Waals surface area contributed by atoms with Crippen LogP contribution in [0, 0.1) is 5.82 Å². The monoisotopic (exact) mass is 333 g/mol. The number of halogens is 1. The third kappa shape index (κ3) is 3.91. The fraction of sp³-hybridized carbons (Fsp3) is 0.412. The maximum absolute atomic E-state index is 12.8. The molecule has 6 nitrogen and oxygen atoms in total. The fourth-order valence-electron chi connectivity index (χ4n) is 2.72. The Morgan fingerprint density at radius 1 is 1.25 bits per heavy atom. The first kappa shape index (κ1) is 16.4. The highest BCUT2D eigenvalue weighted by molar-refractivity contribution is 5.92. The molecule has 2 atom stereocenters. The number of nitrogens with zero attached hydrogens (tertiary/aromatic N) is 3. The molecule has 0 bridgehead atoms. The van der Waals surface area contributed by atoms with E-state index in [1.54, 1.807) is 29.3 Å². The van der Waals surface area contributed by atoms with Crippen molar-refractivity contribution in [1.29, 1.82) is 0 Å². The van der Waals surface area contributed by atoms with Gasteiger partial charge >= 0.3 is 0 Å². The van der Waals surface area contributed by atoms with Gasteiger partial charge in [-0.25, -0.2) is 9.07 Å². The van der Waals surface area contributed by atoms with Crippen molar-refractivity contribution in [3.63, 3.8) is 0 Å². The summed E-state index contributed by atoms with van der Waals surface area (Å²) in [7, 11) is 0. The smallest absolute Gasteiger partial charge is 0.274 e. The Bertz CT molecular complexity index is 691. The number of aromatic nitrogens is 2. The molecule has 7 heteroatoms. The first-order chi connectivity index (χ1) is 11.5. The minimum absolute atomic E-state index is 0.0154. The molecule has 0 aliphatic carbocycles. The molecular weight excluding hydrogens is 313 g/mol. The molecule has 0 radical (unpaired) electrons. The van der Waals surface area contributed by atoms with Crippen LogP contribution in [0.25, 0.3) is 0 Å². The van der Waals surface area contributed by atoms with Crippen molar-refractivity contribution in [2.45, 2.75) is 32.8 Å². The van der Waals surface area contributed by atoms with Gasteiger partial charge in [0.15, 0.2) is 12.4 Å². The Morgan fingerprint density at radius 2 is 1.92 bits per heavy atom. The molecule has 0 N–H and O–H groups in total. The lowest BCUT2D eigenvalue weighted by atomic mass is 10.2. The highest BCUT2D eigenvalue weighted by Gasteiger charge is 2.27. The van der Waals surface area contributed by atoms with Crippen molar-refractivity contribution >= 4 is 5.91 Å². The van der Waals surface area contributed by atoms with Crippen molar-refractivity contribution in [1.82, 2.24) is 14.7 Å². The standard InChI is InChI=1S/C17H20FN3O3/c1-12-9-20(10-13(2)24-12)17(22)16-7-8-21(19-16)11-23-15-5-3-14(18)4-6-15/h3-8,12-13H,9-11H2,1-2H3/t12-,13+. The van der Waals surface area contributed by atoms with Crippen LogP contribution in [0.1, 0.15) is 24.3 Å². The SMILES string of the molecule is C[C@@H]1CN(C(=O)c2ccn(COc3ccc(F)cc3)n2)C[C@H](C)O1. The Morgan fingerprint density at radius 3 is 2.58 bits per heavy atom. The number of ether oxygens (including phenoxy) is 2. The van der Waals surface area contributed by atoms with Gasteiger partial charge in [0.1, 0.15) is 11.6 Å². The van der Waals surface area contributed by atoms with Crippen LogP contribution in [0.15, 0.2) is 36.5 Å². The molecule has 1 aliphatic rings. The first-order valence-electron chi connectivity index (χ1n) is 7.88. The Labute approximate surface area is 139 Å². The van der Waals surface area contributed by atoms with E-state index >= 15 is 0 Å². The second kappa shape index (κ2) is 7.00. The van der Waals surface area contributed by atoms with Crippen LogP contribution in [0.5, 0.6) is 5.75 Å². The highest BCUT2D eigenvalue weighted by Crippen LogP contribution is 2.14. The summed E-state index contributed by atoms with van der Waals surface area (Å²) in [5, 5.41) is 4.25. The summed E-state index contributed by atoms with van der Waals surface area (Å²) in [4.78, 5) is 14.3. The number of amides is 1. The quantitative estimate of drug-likeness (QED) is 0.861. The maximum Gasteiger partial charge on any atom is 0.274 e. The zero-order chi connectivity index (χ0) is 17.1. The molecule has 24 heavy (non-hydrogen) atoms. The minimum atomic E-state index is -0.316. The van der Waals surface area contributed by atoms with Crippen molar-refractivity contribution < 1.29 is 18.7 Å². The molecule has 2 aromatic rings. The largest absolute Gasteiger partial charge is 0.471 e. The number of hydrogen-bond acceptors (Lipinski definition) is 4. The summed E-state index contributed by atoms with van der Waals surface area (Å²) in [6, 6.07) is 7.41. The molecule has 1 aromatic carbocycles. The summed E-state index contributed by atoms with van der Waals surface area (Å²) < 4.78 is 25.5. The third-order valence-electron chi connectivity index (χ3n) is 3.74. The van der Waals surface area contributed by atoms with E-state index in [0.29, 0.717) is 24.5 Å². The van der Waals surface area contributed by atoms with E-state index in [9.17, 15) is 9.18 Å². The van der Waals surface area contributed by atoms with Gasteiger partial charge in [-0.05, 0) is 44.2 Å². The normalized spacial score (nSPS) is 20.9. The fourth-order valence-corrected chi connectivity index (χ4v) is 2.72. The van der Waals surface area contributed by atoms with Crippen LogP contribution in [0.2, 0.25) is 0 Å². The average Bonchev–Trinajstić information content (AvgIpc) is 3.01. The van der Waals surface area contributed by atoms with Crippen molar-refractivity contribution in [3.05, 3.63) is 48.0 Å². The number of carbonyl (C=O) groups excluding carboxylic acids is 1. The predicted octanol–water partition coefficient (Wildman–Crippen LogP) is 2.31. The van der Waals surface area contributed by atoms with Gasteiger partial charge < -0.3 is 14.4 Å². The minimum Gasteiger partial charge on any atom is -0.471 e. The lowest BCUT2D eigenvalue weighted by Crippen LogP contribution is -2.48. The second-order valence-electron chi connectivity index (χ2n) is 5.94. The number of carbonyl (C=O) groups is 1. The molecule has 128 valence electrons. The van der Waals surface area contributed by atoms with Gasteiger partial charge in [0, 0.05) is 19.3 Å². The zero-order valence-corrected chi connectivity index (χ0v) is 13.7. The summed E-state index contributed by atoms with van der Waals surface area (Å²) >= 11 is 0. The molecular formula is C17H20FN3O3. The van der Waals surface area contributed by atoms with Crippen molar-refractivity contribution in [3.8, 4) is 5.75 Å². The van der Waals surface area contributed by atoms with Crippen LogP contribution in [0.4, 0.5) is 4.39 Å². The van der Waals surface area contributed by atoms with E-state index in [4.69, 9.17) is 9.47 Å². The van der Waals surface area contributed by atoms with Gasteiger partial charge in [-0.2, -0.15) is 5.10 Å². The highest BCUT2D eigenvalue weighted by atomic mass is 19.1. The van der Waals surface area contributed by atoms with Crippen LogP contribution < -0.4 is 4.74 Å². The van der Waals surface area contributed by atoms with Crippen LogP contribution in [0.3, 0.4) is 0 Å².